The molecule has 5 nitrogen and oxygen atoms in total. The Bertz CT molecular complexity index is 493. The number of aliphatic carboxylic acids is 1. The first kappa shape index (κ1) is 13.7. The predicted octanol–water partition coefficient (Wildman–Crippen LogP) is 0.653. The third-order valence-electron chi connectivity index (χ3n) is 2.46. The molecule has 0 heterocycles. The fourth-order valence-electron chi connectivity index (χ4n) is 1.46. The van der Waals surface area contributed by atoms with Gasteiger partial charge in [-0.3, -0.25) is 5.32 Å². The van der Waals surface area contributed by atoms with Gasteiger partial charge in [0.2, 0.25) is 15.2 Å². The van der Waals surface area contributed by atoms with Crippen LogP contribution in [0.15, 0.2) is 29.2 Å². The molecule has 0 spiro atoms. The third kappa shape index (κ3) is 2.83. The molecule has 0 bridgehead atoms. The molecule has 0 amide bonds. The molecule has 1 rings (SSSR count). The van der Waals surface area contributed by atoms with E-state index in [1.165, 1.54) is 19.2 Å². The first-order valence-electron chi connectivity index (χ1n) is 5.16. The zero-order valence-corrected chi connectivity index (χ0v) is 10.5. The van der Waals surface area contributed by atoms with E-state index >= 15 is 0 Å². The summed E-state index contributed by atoms with van der Waals surface area (Å²) in [7, 11) is -2.58. The molecule has 0 aliphatic rings. The fraction of sp³-hybridized carbons (Fsp3) is 0.364. The van der Waals surface area contributed by atoms with Gasteiger partial charge in [-0.1, -0.05) is 19.1 Å². The highest BCUT2D eigenvalue weighted by Gasteiger charge is 2.32. The van der Waals surface area contributed by atoms with Crippen LogP contribution in [-0.4, -0.2) is 31.9 Å². The number of hydrogen-bond acceptors (Lipinski definition) is 4. The maximum absolute atomic E-state index is 12.0. The molecule has 0 aliphatic carbocycles. The van der Waals surface area contributed by atoms with Gasteiger partial charge in [0.1, 0.15) is 0 Å². The average molecular weight is 257 g/mol. The second-order valence-electron chi connectivity index (χ2n) is 3.55. The van der Waals surface area contributed by atoms with Crippen molar-refractivity contribution in [3.63, 3.8) is 0 Å². The van der Waals surface area contributed by atoms with Crippen LogP contribution < -0.4 is 5.32 Å². The first-order valence-corrected chi connectivity index (χ1v) is 6.71. The van der Waals surface area contributed by atoms with Crippen LogP contribution in [0.4, 0.5) is 0 Å². The van der Waals surface area contributed by atoms with Gasteiger partial charge in [0.25, 0.3) is 0 Å². The lowest BCUT2D eigenvalue weighted by Gasteiger charge is -2.12. The maximum Gasteiger partial charge on any atom is 0.336 e. The number of carbonyl (C=O) groups is 1. The molecule has 6 heteroatoms. The number of rotatable bonds is 5. The second kappa shape index (κ2) is 5.29. The van der Waals surface area contributed by atoms with E-state index in [1.807, 2.05) is 6.92 Å². The number of benzene rings is 1. The van der Waals surface area contributed by atoms with Gasteiger partial charge in [-0.05, 0) is 31.2 Å². The van der Waals surface area contributed by atoms with Crippen LogP contribution in [0.3, 0.4) is 0 Å². The summed E-state index contributed by atoms with van der Waals surface area (Å²) >= 11 is 0. The van der Waals surface area contributed by atoms with Crippen molar-refractivity contribution in [2.75, 3.05) is 7.05 Å². The minimum Gasteiger partial charge on any atom is -0.479 e. The molecular weight excluding hydrogens is 242 g/mol. The summed E-state index contributed by atoms with van der Waals surface area (Å²) in [6, 6.07) is 6.23. The van der Waals surface area contributed by atoms with Crippen molar-refractivity contribution in [2.24, 2.45) is 0 Å². The van der Waals surface area contributed by atoms with E-state index in [4.69, 9.17) is 5.11 Å². The van der Waals surface area contributed by atoms with Gasteiger partial charge in [-0.15, -0.1) is 0 Å². The van der Waals surface area contributed by atoms with E-state index in [0.717, 1.165) is 12.0 Å². The summed E-state index contributed by atoms with van der Waals surface area (Å²) in [5.74, 6) is -1.41. The van der Waals surface area contributed by atoms with E-state index in [1.54, 1.807) is 12.1 Å². The van der Waals surface area contributed by atoms with Crippen molar-refractivity contribution in [3.8, 4) is 0 Å². The molecule has 1 aromatic rings. The van der Waals surface area contributed by atoms with Crippen LogP contribution in [0.5, 0.6) is 0 Å². The first-order chi connectivity index (χ1) is 7.93. The van der Waals surface area contributed by atoms with Gasteiger partial charge in [0, 0.05) is 0 Å². The highest BCUT2D eigenvalue weighted by molar-refractivity contribution is 7.92. The molecular formula is C11H15NO4S. The normalized spacial score (nSPS) is 13.3. The number of nitrogens with one attached hydrogen (secondary N) is 1. The third-order valence-corrected chi connectivity index (χ3v) is 4.44. The minimum absolute atomic E-state index is 0.0106. The van der Waals surface area contributed by atoms with E-state index < -0.39 is 21.2 Å². The Morgan fingerprint density at radius 2 is 1.88 bits per heavy atom. The van der Waals surface area contributed by atoms with Crippen molar-refractivity contribution in [1.29, 1.82) is 0 Å². The van der Waals surface area contributed by atoms with Crippen molar-refractivity contribution in [2.45, 2.75) is 23.6 Å². The molecule has 0 aromatic heterocycles. The summed E-state index contributed by atoms with van der Waals surface area (Å²) in [5, 5.41) is 9.49. The van der Waals surface area contributed by atoms with Crippen LogP contribution in [0.1, 0.15) is 12.5 Å². The summed E-state index contributed by atoms with van der Waals surface area (Å²) in [6.07, 6.45) is 0.800. The standard InChI is InChI=1S/C11H15NO4S/c1-3-8-4-6-9(7-5-8)17(15,16)10(12-2)11(13)14/h4-7,10,12H,3H2,1-2H3,(H,13,14). The lowest BCUT2D eigenvalue weighted by Crippen LogP contribution is -2.41. The van der Waals surface area contributed by atoms with Gasteiger partial charge in [0.05, 0.1) is 4.90 Å². The minimum atomic E-state index is -3.89. The quantitative estimate of drug-likeness (QED) is 0.809. The average Bonchev–Trinajstić information content (AvgIpc) is 2.29. The van der Waals surface area contributed by atoms with E-state index in [2.05, 4.69) is 5.32 Å². The van der Waals surface area contributed by atoms with Crippen LogP contribution in [0, 0.1) is 0 Å². The predicted molar refractivity (Wildman–Crippen MR) is 63.5 cm³/mol. The number of carboxylic acid groups (broad SMARTS) is 1. The fourth-order valence-corrected chi connectivity index (χ4v) is 2.83. The molecule has 94 valence electrons. The van der Waals surface area contributed by atoms with Crippen molar-refractivity contribution in [1.82, 2.24) is 5.32 Å². The lowest BCUT2D eigenvalue weighted by atomic mass is 10.2. The molecule has 1 unspecified atom stereocenters. The number of aryl methyl sites for hydroxylation is 1. The molecule has 1 aromatic carbocycles. The topological polar surface area (TPSA) is 83.5 Å². The molecule has 17 heavy (non-hydrogen) atoms. The van der Waals surface area contributed by atoms with Gasteiger partial charge < -0.3 is 5.11 Å². The van der Waals surface area contributed by atoms with E-state index in [0.29, 0.717) is 0 Å². The van der Waals surface area contributed by atoms with Gasteiger partial charge >= 0.3 is 5.97 Å². The Hall–Kier alpha value is -1.40. The summed E-state index contributed by atoms with van der Waals surface area (Å²) in [6.45, 7) is 1.96. The van der Waals surface area contributed by atoms with Crippen LogP contribution >= 0.6 is 0 Å². The van der Waals surface area contributed by atoms with Crippen molar-refractivity contribution < 1.29 is 18.3 Å². The maximum atomic E-state index is 12.0. The molecule has 0 fully saturated rings. The van der Waals surface area contributed by atoms with Crippen LogP contribution in [0.2, 0.25) is 0 Å². The molecule has 0 saturated carbocycles. The smallest absolute Gasteiger partial charge is 0.336 e. The number of carboxylic acids is 1. The molecule has 0 radical (unpaired) electrons. The zero-order chi connectivity index (χ0) is 13.1. The molecule has 2 N–H and O–H groups in total. The largest absolute Gasteiger partial charge is 0.479 e. The Morgan fingerprint density at radius 3 is 2.24 bits per heavy atom. The second-order valence-corrected chi connectivity index (χ2v) is 5.58. The highest BCUT2D eigenvalue weighted by Crippen LogP contribution is 2.16. The van der Waals surface area contributed by atoms with Crippen molar-refractivity contribution in [3.05, 3.63) is 29.8 Å². The number of sulfone groups is 1. The van der Waals surface area contributed by atoms with Gasteiger partial charge in [-0.2, -0.15) is 0 Å². The Labute approximate surface area is 100 Å². The van der Waals surface area contributed by atoms with E-state index in [9.17, 15) is 13.2 Å². The number of likely N-dealkylation sites (N-methyl/N-ethyl adjacent to an activating group) is 1. The zero-order valence-electron chi connectivity index (χ0n) is 9.67. The SMILES string of the molecule is CCc1ccc(S(=O)(=O)C(NC)C(=O)O)cc1. The Morgan fingerprint density at radius 1 is 1.35 bits per heavy atom. The van der Waals surface area contributed by atoms with Crippen molar-refractivity contribution >= 4 is 15.8 Å². The molecule has 0 saturated heterocycles. The monoisotopic (exact) mass is 257 g/mol. The number of hydrogen-bond donors (Lipinski definition) is 2. The van der Waals surface area contributed by atoms with Crippen LogP contribution in [-0.2, 0) is 21.1 Å². The van der Waals surface area contributed by atoms with Crippen LogP contribution in [0.25, 0.3) is 0 Å². The summed E-state index contributed by atoms with van der Waals surface area (Å²) < 4.78 is 23.9. The molecule has 0 aliphatic heterocycles. The highest BCUT2D eigenvalue weighted by atomic mass is 32.2. The summed E-state index contributed by atoms with van der Waals surface area (Å²) in [4.78, 5) is 10.8. The van der Waals surface area contributed by atoms with Gasteiger partial charge in [-0.25, -0.2) is 13.2 Å². The molecule has 1 atom stereocenters. The Balaban J connectivity index is 3.16. The summed E-state index contributed by atoms with van der Waals surface area (Å²) in [5.41, 5.74) is 1.00. The van der Waals surface area contributed by atoms with Gasteiger partial charge in [0.15, 0.2) is 0 Å². The van der Waals surface area contributed by atoms with E-state index in [-0.39, 0.29) is 4.90 Å². The lowest BCUT2D eigenvalue weighted by molar-refractivity contribution is -0.137. The Kier molecular flexibility index (Phi) is 4.25.